The second-order valence-electron chi connectivity index (χ2n) is 20.6. The molecule has 0 aromatic rings. The third kappa shape index (κ3) is 53.5. The summed E-state index contributed by atoms with van der Waals surface area (Å²) in [5.41, 5.74) is 0. The fraction of sp³-hybridized carbons (Fsp3) is 0.754. The molecule has 3 unspecified atom stereocenters. The van der Waals surface area contributed by atoms with Crippen LogP contribution < -0.4 is 10.2 Å². The molecule has 0 aliphatic heterocycles. The van der Waals surface area contributed by atoms with Gasteiger partial charge in [0.05, 0.1) is 39.9 Å². The average Bonchev–Trinajstić information content (AvgIpc) is 3.32. The van der Waals surface area contributed by atoms with E-state index in [2.05, 4.69) is 92.1 Å². The van der Waals surface area contributed by atoms with Crippen LogP contribution in [0.4, 0.5) is 0 Å². The summed E-state index contributed by atoms with van der Waals surface area (Å²) in [6.07, 6.45) is 72.5. The Morgan fingerprint density at radius 2 is 0.886 bits per heavy atom. The molecule has 0 aliphatic carbocycles. The second-order valence-corrected chi connectivity index (χ2v) is 22.0. The van der Waals surface area contributed by atoms with Gasteiger partial charge in [-0.3, -0.25) is 9.36 Å². The highest BCUT2D eigenvalue weighted by atomic mass is 31.2. The first-order valence-corrected chi connectivity index (χ1v) is 30.4. The Labute approximate surface area is 433 Å². The lowest BCUT2D eigenvalue weighted by Crippen LogP contribution is -2.45. The molecule has 0 aliphatic rings. The van der Waals surface area contributed by atoms with Crippen LogP contribution in [-0.4, -0.2) is 68.5 Å². The third-order valence-electron chi connectivity index (χ3n) is 12.6. The van der Waals surface area contributed by atoms with E-state index in [9.17, 15) is 19.4 Å². The minimum atomic E-state index is -4.61. The summed E-state index contributed by atoms with van der Waals surface area (Å²) < 4.78 is 23.3. The number of nitrogens with one attached hydrogen (secondary N) is 1. The number of rotatable bonds is 52. The maximum atomic E-state index is 12.9. The van der Waals surface area contributed by atoms with E-state index in [0.717, 1.165) is 70.6 Å². The van der Waals surface area contributed by atoms with E-state index in [4.69, 9.17) is 9.05 Å². The van der Waals surface area contributed by atoms with Gasteiger partial charge in [0.2, 0.25) is 5.91 Å². The molecule has 0 aromatic carbocycles. The Morgan fingerprint density at radius 3 is 1.33 bits per heavy atom. The Balaban J connectivity index is 4.08. The molecule has 0 aromatic heterocycles. The summed E-state index contributed by atoms with van der Waals surface area (Å²) in [4.78, 5) is 25.5. The first-order valence-electron chi connectivity index (χ1n) is 28.9. The molecule has 0 spiro atoms. The van der Waals surface area contributed by atoms with Crippen molar-refractivity contribution < 1.29 is 32.9 Å². The zero-order chi connectivity index (χ0) is 51.3. The topological polar surface area (TPSA) is 108 Å². The van der Waals surface area contributed by atoms with Gasteiger partial charge in [-0.25, -0.2) is 0 Å². The number of amides is 1. The minimum absolute atomic E-state index is 0.0107. The number of nitrogens with zero attached hydrogens (tertiary/aromatic N) is 1. The van der Waals surface area contributed by atoms with Crippen LogP contribution in [0.1, 0.15) is 245 Å². The maximum absolute atomic E-state index is 12.9. The second kappa shape index (κ2) is 51.6. The van der Waals surface area contributed by atoms with Crippen LogP contribution in [0.3, 0.4) is 0 Å². The number of quaternary nitrogens is 1. The highest BCUT2D eigenvalue weighted by Crippen LogP contribution is 2.38. The van der Waals surface area contributed by atoms with Crippen LogP contribution in [0, 0.1) is 0 Å². The van der Waals surface area contributed by atoms with Crippen LogP contribution in [0.15, 0.2) is 85.1 Å². The van der Waals surface area contributed by atoms with Gasteiger partial charge in [0.1, 0.15) is 13.2 Å². The molecule has 0 saturated heterocycles. The van der Waals surface area contributed by atoms with Crippen LogP contribution in [0.2, 0.25) is 0 Å². The summed E-state index contributed by atoms with van der Waals surface area (Å²) in [5.74, 6) is -0.211. The zero-order valence-electron chi connectivity index (χ0n) is 46.2. The van der Waals surface area contributed by atoms with Gasteiger partial charge in [0.25, 0.3) is 7.82 Å². The fourth-order valence-electron chi connectivity index (χ4n) is 8.06. The normalized spacial score (nSPS) is 14.6. The molecule has 9 heteroatoms. The number of unbranched alkanes of at least 4 members (excludes halogenated alkanes) is 27. The van der Waals surface area contributed by atoms with E-state index in [0.29, 0.717) is 17.4 Å². The molecule has 0 saturated carbocycles. The third-order valence-corrected chi connectivity index (χ3v) is 13.5. The molecule has 70 heavy (non-hydrogen) atoms. The number of hydrogen-bond acceptors (Lipinski definition) is 6. The number of phosphoric acid groups is 1. The monoisotopic (exact) mass is 999 g/mol. The van der Waals surface area contributed by atoms with Crippen LogP contribution in [0.25, 0.3) is 0 Å². The minimum Gasteiger partial charge on any atom is -0.756 e. The van der Waals surface area contributed by atoms with Gasteiger partial charge >= 0.3 is 0 Å². The van der Waals surface area contributed by atoms with E-state index in [1.165, 1.54) is 154 Å². The molecule has 2 N–H and O–H groups in total. The first-order chi connectivity index (χ1) is 34.0. The number of aliphatic hydroxyl groups excluding tert-OH is 1. The fourth-order valence-corrected chi connectivity index (χ4v) is 8.78. The van der Waals surface area contributed by atoms with E-state index >= 15 is 0 Å². The lowest BCUT2D eigenvalue weighted by molar-refractivity contribution is -0.870. The van der Waals surface area contributed by atoms with E-state index in [-0.39, 0.29) is 12.5 Å². The SMILES string of the molecule is CC/C=C\C/C=C\C/C=C\C/C=C\CCCCCCCCCCCCCCCCCCCCCCC(=O)NC(COP(=O)([O-])OCC[N+](C)(C)C)C(O)/C=C/CC/C=C/CC/C=C/CCCCCCC. The van der Waals surface area contributed by atoms with Gasteiger partial charge in [-0.15, -0.1) is 0 Å². The highest BCUT2D eigenvalue weighted by Gasteiger charge is 2.23. The quantitative estimate of drug-likeness (QED) is 0.0272. The van der Waals surface area contributed by atoms with E-state index < -0.39 is 26.6 Å². The van der Waals surface area contributed by atoms with Crippen LogP contribution in [0.5, 0.6) is 0 Å². The standard InChI is InChI=1S/C61H111N2O6P/c1-6-8-10-12-14-16-18-20-22-23-24-25-26-27-28-29-30-31-32-33-34-35-36-37-38-39-41-43-45-47-49-51-53-55-61(65)62-59(58-69-70(66,67)68-57-56-63(3,4)5)60(64)54-52-50-48-46-44-42-40-21-19-17-15-13-11-9-7-2/h8,10,14,16,19-22,24-25,44,46,52,54,59-60,64H,6-7,9,11-13,15,17-18,23,26-43,45,47-51,53,55-58H2,1-5H3,(H-,62,65,66,67)/b10-8-,16-14-,21-19+,22-20-,25-24-,46-44+,54-52+. The molecule has 0 fully saturated rings. The van der Waals surface area contributed by atoms with Crippen molar-refractivity contribution >= 4 is 13.7 Å². The van der Waals surface area contributed by atoms with Crippen molar-refractivity contribution in [3.63, 3.8) is 0 Å². The van der Waals surface area contributed by atoms with Gasteiger partial charge in [-0.05, 0) is 83.5 Å². The van der Waals surface area contributed by atoms with Gasteiger partial charge in [-0.1, -0.05) is 240 Å². The number of carbonyl (C=O) groups is 1. The summed E-state index contributed by atoms with van der Waals surface area (Å²) >= 11 is 0. The van der Waals surface area contributed by atoms with Crippen LogP contribution >= 0.6 is 7.82 Å². The summed E-state index contributed by atoms with van der Waals surface area (Å²) in [7, 11) is 1.23. The van der Waals surface area contributed by atoms with Crippen molar-refractivity contribution in [1.29, 1.82) is 0 Å². The van der Waals surface area contributed by atoms with Gasteiger partial charge in [0.15, 0.2) is 0 Å². The largest absolute Gasteiger partial charge is 0.756 e. The molecule has 1 amide bonds. The van der Waals surface area contributed by atoms with E-state index in [1.54, 1.807) is 6.08 Å². The number of allylic oxidation sites excluding steroid dienone is 13. The molecule has 0 bridgehead atoms. The van der Waals surface area contributed by atoms with Gasteiger partial charge < -0.3 is 28.8 Å². The molecule has 0 rings (SSSR count). The van der Waals surface area contributed by atoms with Crippen molar-refractivity contribution in [2.75, 3.05) is 40.9 Å². The first kappa shape index (κ1) is 67.7. The Bertz CT molecular complexity index is 1410. The molecule has 8 nitrogen and oxygen atoms in total. The molecule has 3 atom stereocenters. The lowest BCUT2D eigenvalue weighted by atomic mass is 10.0. The van der Waals surface area contributed by atoms with Crippen molar-refractivity contribution in [3.05, 3.63) is 85.1 Å². The predicted octanol–water partition coefficient (Wildman–Crippen LogP) is 17.0. The number of aliphatic hydroxyl groups is 1. The van der Waals surface area contributed by atoms with Crippen molar-refractivity contribution in [1.82, 2.24) is 5.32 Å². The Hall–Kier alpha value is -2.32. The molecule has 0 heterocycles. The summed E-state index contributed by atoms with van der Waals surface area (Å²) in [6.45, 7) is 4.50. The zero-order valence-corrected chi connectivity index (χ0v) is 47.1. The average molecular weight is 1000 g/mol. The predicted molar refractivity (Wildman–Crippen MR) is 302 cm³/mol. The summed E-state index contributed by atoms with van der Waals surface area (Å²) in [6, 6.07) is -0.912. The maximum Gasteiger partial charge on any atom is 0.268 e. The van der Waals surface area contributed by atoms with Crippen molar-refractivity contribution in [2.45, 2.75) is 257 Å². The molecule has 0 radical (unpaired) electrons. The smallest absolute Gasteiger partial charge is 0.268 e. The van der Waals surface area contributed by atoms with Crippen molar-refractivity contribution in [2.24, 2.45) is 0 Å². The van der Waals surface area contributed by atoms with Crippen molar-refractivity contribution in [3.8, 4) is 0 Å². The van der Waals surface area contributed by atoms with Crippen LogP contribution in [-0.2, 0) is 18.4 Å². The van der Waals surface area contributed by atoms with E-state index in [1.807, 2.05) is 27.2 Å². The number of phosphoric ester groups is 1. The van der Waals surface area contributed by atoms with Gasteiger partial charge in [-0.2, -0.15) is 0 Å². The highest BCUT2D eigenvalue weighted by molar-refractivity contribution is 7.45. The molecular weight excluding hydrogens is 888 g/mol. The van der Waals surface area contributed by atoms with Gasteiger partial charge in [0, 0.05) is 6.42 Å². The molecular formula is C61H111N2O6P. The Morgan fingerprint density at radius 1 is 0.514 bits per heavy atom. The number of carbonyl (C=O) groups excluding carboxylic acids is 1. The molecule has 406 valence electrons. The summed E-state index contributed by atoms with van der Waals surface area (Å²) in [5, 5.41) is 13.8. The Kier molecular flexibility index (Phi) is 49.9. The number of hydrogen-bond donors (Lipinski definition) is 2. The lowest BCUT2D eigenvalue weighted by Gasteiger charge is -2.29. The number of likely N-dealkylation sites (N-methyl/N-ethyl adjacent to an activating group) is 1.